The zero-order chi connectivity index (χ0) is 19.8. The molecule has 0 saturated carbocycles. The Morgan fingerprint density at radius 2 is 1.89 bits per heavy atom. The van der Waals surface area contributed by atoms with Crippen LogP contribution in [0.1, 0.15) is 45.7 Å². The molecule has 1 N–H and O–H groups in total. The molecule has 0 bridgehead atoms. The normalized spacial score (nSPS) is 12.1. The molecule has 2 aromatic rings. The van der Waals surface area contributed by atoms with Crippen LogP contribution in [0.25, 0.3) is 10.6 Å². The lowest BCUT2D eigenvalue weighted by Crippen LogP contribution is -2.33. The number of rotatable bonds is 10. The van der Waals surface area contributed by atoms with Crippen LogP contribution in [0.5, 0.6) is 11.5 Å². The molecule has 6 heteroatoms. The Morgan fingerprint density at radius 1 is 1.15 bits per heavy atom. The highest BCUT2D eigenvalue weighted by Crippen LogP contribution is 2.33. The molecule has 5 nitrogen and oxygen atoms in total. The molecular formula is C21H30N2O3S. The van der Waals surface area contributed by atoms with E-state index in [1.54, 1.807) is 14.2 Å². The number of carbonyl (C=O) groups excluding carboxylic acids is 1. The first kappa shape index (κ1) is 21.2. The minimum atomic E-state index is 0.0243. The van der Waals surface area contributed by atoms with Gasteiger partial charge in [0, 0.05) is 17.0 Å². The lowest BCUT2D eigenvalue weighted by atomic mass is 10.0. The Morgan fingerprint density at radius 3 is 2.56 bits per heavy atom. The maximum atomic E-state index is 12.3. The lowest BCUT2D eigenvalue weighted by Gasteiger charge is -2.14. The molecule has 27 heavy (non-hydrogen) atoms. The Bertz CT molecular complexity index is 743. The maximum Gasteiger partial charge on any atom is 0.226 e. The number of methoxy groups -OCH3 is 2. The summed E-state index contributed by atoms with van der Waals surface area (Å²) < 4.78 is 10.6. The predicted octanol–water partition coefficient (Wildman–Crippen LogP) is 4.70. The van der Waals surface area contributed by atoms with E-state index in [0.717, 1.165) is 29.1 Å². The molecule has 1 heterocycles. The van der Waals surface area contributed by atoms with Crippen molar-refractivity contribution in [1.29, 1.82) is 0 Å². The minimum absolute atomic E-state index is 0.0243. The molecule has 0 radical (unpaired) electrons. The monoisotopic (exact) mass is 390 g/mol. The summed E-state index contributed by atoms with van der Waals surface area (Å²) in [7, 11) is 3.23. The van der Waals surface area contributed by atoms with Crippen LogP contribution in [0.4, 0.5) is 0 Å². The van der Waals surface area contributed by atoms with Gasteiger partial charge in [0.2, 0.25) is 5.91 Å². The molecule has 0 saturated heterocycles. The van der Waals surface area contributed by atoms with Gasteiger partial charge in [-0.1, -0.05) is 26.7 Å². The Kier molecular flexibility index (Phi) is 8.10. The first-order chi connectivity index (χ1) is 12.9. The Labute approximate surface area is 166 Å². The Hall–Kier alpha value is -2.08. The summed E-state index contributed by atoms with van der Waals surface area (Å²) in [5, 5.41) is 5.88. The second-order valence-corrected chi connectivity index (χ2v) is 8.04. The van der Waals surface area contributed by atoms with Crippen molar-refractivity contribution in [2.75, 3.05) is 14.2 Å². The second-order valence-electron chi connectivity index (χ2n) is 7.18. The fourth-order valence-corrected chi connectivity index (χ4v) is 3.70. The first-order valence-electron chi connectivity index (χ1n) is 9.39. The smallest absolute Gasteiger partial charge is 0.226 e. The molecule has 148 valence electrons. The van der Waals surface area contributed by atoms with Crippen LogP contribution in [-0.2, 0) is 11.2 Å². The molecule has 0 spiro atoms. The number of benzene rings is 1. The highest BCUT2D eigenvalue weighted by molar-refractivity contribution is 7.13. The minimum Gasteiger partial charge on any atom is -0.493 e. The van der Waals surface area contributed by atoms with Gasteiger partial charge in [0.25, 0.3) is 0 Å². The number of carbonyl (C=O) groups is 1. The largest absolute Gasteiger partial charge is 0.493 e. The van der Waals surface area contributed by atoms with Gasteiger partial charge in [0.05, 0.1) is 26.3 Å². The van der Waals surface area contributed by atoms with Crippen molar-refractivity contribution in [2.24, 2.45) is 5.92 Å². The van der Waals surface area contributed by atoms with Crippen LogP contribution in [0.15, 0.2) is 23.6 Å². The van der Waals surface area contributed by atoms with Gasteiger partial charge in [-0.2, -0.15) is 0 Å². The van der Waals surface area contributed by atoms with Crippen molar-refractivity contribution in [1.82, 2.24) is 10.3 Å². The van der Waals surface area contributed by atoms with Crippen molar-refractivity contribution in [3.8, 4) is 22.1 Å². The van der Waals surface area contributed by atoms with Crippen LogP contribution in [0.3, 0.4) is 0 Å². The average Bonchev–Trinajstić information content (AvgIpc) is 3.08. The highest BCUT2D eigenvalue weighted by Gasteiger charge is 2.13. The number of aromatic nitrogens is 1. The fourth-order valence-electron chi connectivity index (χ4n) is 2.88. The van der Waals surface area contributed by atoms with E-state index in [0.29, 0.717) is 23.8 Å². The Balaban J connectivity index is 1.93. The van der Waals surface area contributed by atoms with Gasteiger partial charge in [0.1, 0.15) is 5.01 Å². The highest BCUT2D eigenvalue weighted by atomic mass is 32.1. The quantitative estimate of drug-likeness (QED) is 0.639. The molecule has 1 aromatic heterocycles. The molecule has 2 rings (SSSR count). The summed E-state index contributed by atoms with van der Waals surface area (Å²) in [6.45, 7) is 6.51. The van der Waals surface area contributed by atoms with Crippen LogP contribution >= 0.6 is 11.3 Å². The van der Waals surface area contributed by atoms with E-state index in [9.17, 15) is 4.79 Å². The molecule has 1 aromatic carbocycles. The van der Waals surface area contributed by atoms with Crippen molar-refractivity contribution in [3.63, 3.8) is 0 Å². The van der Waals surface area contributed by atoms with Gasteiger partial charge < -0.3 is 14.8 Å². The van der Waals surface area contributed by atoms with Gasteiger partial charge in [-0.25, -0.2) is 4.98 Å². The van der Waals surface area contributed by atoms with E-state index >= 15 is 0 Å². The summed E-state index contributed by atoms with van der Waals surface area (Å²) in [6.07, 6.45) is 3.65. The standard InChI is InChI=1S/C21H30N2O3S/c1-14(2)7-6-8-15(3)22-20(24)12-17-13-27-21(23-17)16-9-10-18(25-4)19(11-16)26-5/h9-11,13-15H,6-8,12H2,1-5H3,(H,22,24)/t15-/m0/s1. The van der Waals surface area contributed by atoms with Gasteiger partial charge in [0.15, 0.2) is 11.5 Å². The van der Waals surface area contributed by atoms with Crippen LogP contribution in [-0.4, -0.2) is 31.2 Å². The van der Waals surface area contributed by atoms with Gasteiger partial charge in [-0.3, -0.25) is 4.79 Å². The molecular weight excluding hydrogens is 360 g/mol. The van der Waals surface area contributed by atoms with E-state index in [1.165, 1.54) is 17.8 Å². The number of ether oxygens (including phenoxy) is 2. The number of thiazole rings is 1. The van der Waals surface area contributed by atoms with E-state index in [1.807, 2.05) is 23.6 Å². The molecule has 0 unspecified atom stereocenters. The number of nitrogens with zero attached hydrogens (tertiary/aromatic N) is 1. The molecule has 1 amide bonds. The van der Waals surface area contributed by atoms with Crippen molar-refractivity contribution in [3.05, 3.63) is 29.3 Å². The van der Waals surface area contributed by atoms with E-state index in [2.05, 4.69) is 31.1 Å². The number of hydrogen-bond acceptors (Lipinski definition) is 5. The van der Waals surface area contributed by atoms with Crippen molar-refractivity contribution < 1.29 is 14.3 Å². The van der Waals surface area contributed by atoms with E-state index in [-0.39, 0.29) is 11.9 Å². The van der Waals surface area contributed by atoms with Gasteiger partial charge in [-0.15, -0.1) is 11.3 Å². The molecule has 0 aliphatic rings. The summed E-state index contributed by atoms with van der Waals surface area (Å²) >= 11 is 1.53. The molecule has 0 aliphatic carbocycles. The summed E-state index contributed by atoms with van der Waals surface area (Å²) in [6, 6.07) is 5.90. The second kappa shape index (κ2) is 10.3. The molecule has 1 atom stereocenters. The van der Waals surface area contributed by atoms with Crippen LogP contribution < -0.4 is 14.8 Å². The fraction of sp³-hybridized carbons (Fsp3) is 0.524. The summed E-state index contributed by atoms with van der Waals surface area (Å²) in [5.41, 5.74) is 1.74. The zero-order valence-electron chi connectivity index (χ0n) is 16.9. The van der Waals surface area contributed by atoms with Crippen LogP contribution in [0, 0.1) is 5.92 Å². The van der Waals surface area contributed by atoms with E-state index < -0.39 is 0 Å². The van der Waals surface area contributed by atoms with Crippen molar-refractivity contribution in [2.45, 2.75) is 52.5 Å². The third kappa shape index (κ3) is 6.54. The number of hydrogen-bond donors (Lipinski definition) is 1. The lowest BCUT2D eigenvalue weighted by molar-refractivity contribution is -0.121. The average molecular weight is 391 g/mol. The molecule has 0 fully saturated rings. The van der Waals surface area contributed by atoms with Crippen molar-refractivity contribution >= 4 is 17.2 Å². The maximum absolute atomic E-state index is 12.3. The van der Waals surface area contributed by atoms with Gasteiger partial charge >= 0.3 is 0 Å². The van der Waals surface area contributed by atoms with Gasteiger partial charge in [-0.05, 0) is 37.5 Å². The third-order valence-corrected chi connectivity index (χ3v) is 5.29. The SMILES string of the molecule is COc1ccc(-c2nc(CC(=O)N[C@@H](C)CCCC(C)C)cs2)cc1OC. The first-order valence-corrected chi connectivity index (χ1v) is 10.3. The topological polar surface area (TPSA) is 60.5 Å². The zero-order valence-corrected chi connectivity index (χ0v) is 17.7. The molecule has 0 aliphatic heterocycles. The predicted molar refractivity (Wildman–Crippen MR) is 111 cm³/mol. The summed E-state index contributed by atoms with van der Waals surface area (Å²) in [5.74, 6) is 2.08. The van der Waals surface area contributed by atoms with Crippen LogP contribution in [0.2, 0.25) is 0 Å². The number of nitrogens with one attached hydrogen (secondary N) is 1. The third-order valence-electron chi connectivity index (χ3n) is 4.35. The number of amides is 1. The summed E-state index contributed by atoms with van der Waals surface area (Å²) in [4.78, 5) is 16.9. The van der Waals surface area contributed by atoms with E-state index in [4.69, 9.17) is 9.47 Å².